The van der Waals surface area contributed by atoms with Gasteiger partial charge in [-0.05, 0) is 6.07 Å². The molecule has 110 valence electrons. The van der Waals surface area contributed by atoms with Crippen LogP contribution in [0.25, 0.3) is 0 Å². The molecule has 2 N–H and O–H groups in total. The van der Waals surface area contributed by atoms with Crippen molar-refractivity contribution >= 4 is 5.82 Å². The Hall–Kier alpha value is -2.01. The highest BCUT2D eigenvalue weighted by Gasteiger charge is 2.23. The van der Waals surface area contributed by atoms with Gasteiger partial charge in [-0.15, -0.1) is 0 Å². The average molecular weight is 284 g/mol. The minimum Gasteiger partial charge on any atom is -0.493 e. The molecule has 2 aliphatic heterocycles. The van der Waals surface area contributed by atoms with E-state index in [2.05, 4.69) is 33.9 Å². The number of nitrogens with zero attached hydrogens (tertiary/aromatic N) is 2. The maximum atomic E-state index is 5.72. The van der Waals surface area contributed by atoms with Crippen LogP contribution in [-0.4, -0.2) is 29.5 Å². The van der Waals surface area contributed by atoms with Crippen LogP contribution >= 0.6 is 0 Å². The molecule has 0 radical (unpaired) electrons. The summed E-state index contributed by atoms with van der Waals surface area (Å²) in [6, 6.07) is 10.8. The van der Waals surface area contributed by atoms with E-state index in [1.807, 2.05) is 23.0 Å². The number of benzene rings is 1. The third-order valence-electron chi connectivity index (χ3n) is 4.33. The molecule has 0 bridgehead atoms. The van der Waals surface area contributed by atoms with E-state index in [9.17, 15) is 0 Å². The largest absolute Gasteiger partial charge is 0.493 e. The second kappa shape index (κ2) is 5.41. The molecule has 21 heavy (non-hydrogen) atoms. The Morgan fingerprint density at radius 2 is 2.29 bits per heavy atom. The number of rotatable bonds is 3. The normalized spacial score (nSPS) is 23.6. The van der Waals surface area contributed by atoms with Crippen molar-refractivity contribution in [2.45, 2.75) is 19.0 Å². The standard InChI is InChI=1S/C16H20N4O/c1-2-4-15-13(3-1)14(6-8-21-15)17-9-12-10-18-16-5-7-19-20(16)11-12/h1-5,7,12,14,17-18H,6,8-11H2/t12-,14+/m1/s1. The number of fused-ring (bicyclic) bond motifs is 2. The zero-order valence-electron chi connectivity index (χ0n) is 12.0. The summed E-state index contributed by atoms with van der Waals surface area (Å²) >= 11 is 0. The van der Waals surface area contributed by atoms with Gasteiger partial charge in [0.1, 0.15) is 11.6 Å². The molecule has 0 aliphatic carbocycles. The fourth-order valence-corrected chi connectivity index (χ4v) is 3.19. The first-order valence-electron chi connectivity index (χ1n) is 7.61. The summed E-state index contributed by atoms with van der Waals surface area (Å²) < 4.78 is 7.76. The number of para-hydroxylation sites is 1. The van der Waals surface area contributed by atoms with Gasteiger partial charge in [0.05, 0.1) is 12.8 Å². The molecule has 0 spiro atoms. The lowest BCUT2D eigenvalue weighted by molar-refractivity contribution is 0.245. The molecule has 5 heteroatoms. The van der Waals surface area contributed by atoms with Gasteiger partial charge >= 0.3 is 0 Å². The third-order valence-corrected chi connectivity index (χ3v) is 4.33. The van der Waals surface area contributed by atoms with Crippen LogP contribution in [0.5, 0.6) is 5.75 Å². The second-order valence-corrected chi connectivity index (χ2v) is 5.78. The van der Waals surface area contributed by atoms with Crippen LogP contribution in [0.3, 0.4) is 0 Å². The number of nitrogens with one attached hydrogen (secondary N) is 2. The van der Waals surface area contributed by atoms with Crippen molar-refractivity contribution in [3.8, 4) is 5.75 Å². The Kier molecular flexibility index (Phi) is 3.27. The number of ether oxygens (including phenoxy) is 1. The fraction of sp³-hybridized carbons (Fsp3) is 0.438. The van der Waals surface area contributed by atoms with Gasteiger partial charge in [-0.1, -0.05) is 18.2 Å². The fourth-order valence-electron chi connectivity index (χ4n) is 3.19. The minimum absolute atomic E-state index is 0.397. The monoisotopic (exact) mass is 284 g/mol. The topological polar surface area (TPSA) is 51.1 Å². The van der Waals surface area contributed by atoms with Crippen LogP contribution < -0.4 is 15.4 Å². The molecule has 0 amide bonds. The van der Waals surface area contributed by atoms with Crippen molar-refractivity contribution in [2.24, 2.45) is 5.92 Å². The first-order valence-corrected chi connectivity index (χ1v) is 7.61. The molecular formula is C16H20N4O. The van der Waals surface area contributed by atoms with E-state index in [0.29, 0.717) is 12.0 Å². The van der Waals surface area contributed by atoms with Crippen molar-refractivity contribution < 1.29 is 4.74 Å². The number of hydrogen-bond donors (Lipinski definition) is 2. The molecule has 4 rings (SSSR count). The van der Waals surface area contributed by atoms with Crippen LogP contribution in [0.15, 0.2) is 36.5 Å². The zero-order valence-corrected chi connectivity index (χ0v) is 12.0. The van der Waals surface area contributed by atoms with Crippen molar-refractivity contribution in [1.29, 1.82) is 0 Å². The lowest BCUT2D eigenvalue weighted by Crippen LogP contribution is -2.37. The lowest BCUT2D eigenvalue weighted by atomic mass is 9.99. The molecule has 3 heterocycles. The van der Waals surface area contributed by atoms with Crippen LogP contribution in [0, 0.1) is 5.92 Å². The van der Waals surface area contributed by atoms with Crippen molar-refractivity contribution in [1.82, 2.24) is 15.1 Å². The van der Waals surface area contributed by atoms with Gasteiger partial charge in [0, 0.05) is 49.6 Å². The SMILES string of the molecule is c1ccc2c(c1)OCC[C@@H]2NC[C@@H]1CNc2ccnn2C1. The summed E-state index contributed by atoms with van der Waals surface area (Å²) in [6.07, 6.45) is 2.89. The lowest BCUT2D eigenvalue weighted by Gasteiger charge is -2.30. The Morgan fingerprint density at radius 1 is 1.33 bits per heavy atom. The Balaban J connectivity index is 1.40. The molecule has 1 aromatic carbocycles. The Labute approximate surface area is 124 Å². The van der Waals surface area contributed by atoms with E-state index < -0.39 is 0 Å². The molecule has 0 saturated heterocycles. The molecule has 2 atom stereocenters. The van der Waals surface area contributed by atoms with Crippen LogP contribution in [-0.2, 0) is 6.54 Å². The predicted octanol–water partition coefficient (Wildman–Crippen LogP) is 2.04. The van der Waals surface area contributed by atoms with E-state index in [0.717, 1.165) is 44.2 Å². The predicted molar refractivity (Wildman–Crippen MR) is 81.5 cm³/mol. The van der Waals surface area contributed by atoms with Crippen molar-refractivity contribution in [3.63, 3.8) is 0 Å². The van der Waals surface area contributed by atoms with Gasteiger partial charge < -0.3 is 15.4 Å². The van der Waals surface area contributed by atoms with Crippen molar-refractivity contribution in [3.05, 3.63) is 42.1 Å². The summed E-state index contributed by atoms with van der Waals surface area (Å²) in [6.45, 7) is 3.77. The summed E-state index contributed by atoms with van der Waals surface area (Å²) in [7, 11) is 0. The molecule has 0 saturated carbocycles. The number of hydrogen-bond acceptors (Lipinski definition) is 4. The Morgan fingerprint density at radius 3 is 3.29 bits per heavy atom. The van der Waals surface area contributed by atoms with Gasteiger partial charge in [-0.3, -0.25) is 0 Å². The van der Waals surface area contributed by atoms with Crippen LogP contribution in [0.1, 0.15) is 18.0 Å². The zero-order chi connectivity index (χ0) is 14.1. The summed E-state index contributed by atoms with van der Waals surface area (Å²) in [5.74, 6) is 2.72. The summed E-state index contributed by atoms with van der Waals surface area (Å²) in [5, 5.41) is 11.5. The summed E-state index contributed by atoms with van der Waals surface area (Å²) in [4.78, 5) is 0. The van der Waals surface area contributed by atoms with E-state index in [1.54, 1.807) is 0 Å². The molecule has 5 nitrogen and oxygen atoms in total. The third kappa shape index (κ3) is 2.49. The molecular weight excluding hydrogens is 264 g/mol. The molecule has 1 aromatic heterocycles. The van der Waals surface area contributed by atoms with Crippen molar-refractivity contribution in [2.75, 3.05) is 25.0 Å². The van der Waals surface area contributed by atoms with E-state index in [1.165, 1.54) is 5.56 Å². The number of anilines is 1. The van der Waals surface area contributed by atoms with Crippen LogP contribution in [0.4, 0.5) is 5.82 Å². The molecule has 0 unspecified atom stereocenters. The summed E-state index contributed by atoms with van der Waals surface area (Å²) in [5.41, 5.74) is 1.28. The highest BCUT2D eigenvalue weighted by atomic mass is 16.5. The first kappa shape index (κ1) is 12.7. The smallest absolute Gasteiger partial charge is 0.124 e. The van der Waals surface area contributed by atoms with E-state index >= 15 is 0 Å². The molecule has 2 aliphatic rings. The quantitative estimate of drug-likeness (QED) is 0.905. The van der Waals surface area contributed by atoms with Crippen LogP contribution in [0.2, 0.25) is 0 Å². The van der Waals surface area contributed by atoms with Gasteiger partial charge in [-0.2, -0.15) is 5.10 Å². The second-order valence-electron chi connectivity index (χ2n) is 5.78. The highest BCUT2D eigenvalue weighted by Crippen LogP contribution is 2.31. The highest BCUT2D eigenvalue weighted by molar-refractivity contribution is 5.37. The molecule has 0 fully saturated rings. The Bertz CT molecular complexity index is 624. The maximum Gasteiger partial charge on any atom is 0.124 e. The number of aromatic nitrogens is 2. The minimum atomic E-state index is 0.397. The maximum absolute atomic E-state index is 5.72. The van der Waals surface area contributed by atoms with Gasteiger partial charge in [0.15, 0.2) is 0 Å². The average Bonchev–Trinajstić information content (AvgIpc) is 3.00. The first-order chi connectivity index (χ1) is 10.4. The van der Waals surface area contributed by atoms with E-state index in [4.69, 9.17) is 4.74 Å². The van der Waals surface area contributed by atoms with Gasteiger partial charge in [-0.25, -0.2) is 4.68 Å². The van der Waals surface area contributed by atoms with Gasteiger partial charge in [0.25, 0.3) is 0 Å². The van der Waals surface area contributed by atoms with E-state index in [-0.39, 0.29) is 0 Å². The van der Waals surface area contributed by atoms with Gasteiger partial charge in [0.2, 0.25) is 0 Å². The molecule has 2 aromatic rings.